The summed E-state index contributed by atoms with van der Waals surface area (Å²) in [7, 11) is 1.69. The van der Waals surface area contributed by atoms with Gasteiger partial charge in [0.05, 0.1) is 20.7 Å². The number of hydrogen-bond acceptors (Lipinski definition) is 3. The fraction of sp³-hybridized carbons (Fsp3) is 0.286. The van der Waals surface area contributed by atoms with Crippen molar-refractivity contribution in [3.8, 4) is 5.75 Å². The minimum Gasteiger partial charge on any atom is -0.496 e. The molecule has 1 aromatic heterocycles. The largest absolute Gasteiger partial charge is 0.496 e. The van der Waals surface area contributed by atoms with Crippen molar-refractivity contribution in [3.63, 3.8) is 0 Å². The van der Waals surface area contributed by atoms with Gasteiger partial charge in [0.2, 0.25) is 0 Å². The van der Waals surface area contributed by atoms with Crippen LogP contribution in [0.15, 0.2) is 25.8 Å². The van der Waals surface area contributed by atoms with E-state index in [4.69, 9.17) is 10.5 Å². The number of rotatable bonds is 3. The van der Waals surface area contributed by atoms with Gasteiger partial charge in [0.1, 0.15) is 5.75 Å². The first-order valence-corrected chi connectivity index (χ1v) is 8.20. The quantitative estimate of drug-likeness (QED) is 0.785. The fourth-order valence-electron chi connectivity index (χ4n) is 2.06. The molecular weight excluding hydrogens is 390 g/mol. The Balaban J connectivity index is 2.53. The van der Waals surface area contributed by atoms with Crippen LogP contribution in [0.25, 0.3) is 0 Å². The van der Waals surface area contributed by atoms with E-state index in [9.17, 15) is 0 Å². The van der Waals surface area contributed by atoms with Crippen molar-refractivity contribution in [1.29, 1.82) is 0 Å². The highest BCUT2D eigenvalue weighted by Crippen LogP contribution is 2.40. The van der Waals surface area contributed by atoms with Gasteiger partial charge < -0.3 is 10.5 Å². The Hall–Kier alpha value is -0.360. The normalized spacial score (nSPS) is 12.5. The van der Waals surface area contributed by atoms with E-state index in [1.807, 2.05) is 12.1 Å². The topological polar surface area (TPSA) is 35.2 Å². The average Bonchev–Trinajstić information content (AvgIpc) is 2.71. The molecule has 1 unspecified atom stereocenters. The van der Waals surface area contributed by atoms with Crippen LogP contribution in [-0.2, 0) is 0 Å². The van der Waals surface area contributed by atoms with E-state index in [-0.39, 0.29) is 6.04 Å². The molecule has 1 aromatic carbocycles. The predicted octanol–water partition coefficient (Wildman–Crippen LogP) is 4.95. The molecule has 0 fully saturated rings. The van der Waals surface area contributed by atoms with E-state index in [2.05, 4.69) is 51.8 Å². The molecule has 0 saturated heterocycles. The lowest BCUT2D eigenvalue weighted by Gasteiger charge is -2.18. The highest BCUT2D eigenvalue weighted by atomic mass is 79.9. The Bertz CT molecular complexity index is 610. The highest BCUT2D eigenvalue weighted by molar-refractivity contribution is 9.12. The Kier molecular flexibility index (Phi) is 4.71. The molecule has 2 nitrogen and oxygen atoms in total. The summed E-state index contributed by atoms with van der Waals surface area (Å²) in [6.45, 7) is 4.13. The molecule has 5 heteroatoms. The number of benzene rings is 1. The van der Waals surface area contributed by atoms with Crippen LogP contribution >= 0.6 is 43.2 Å². The van der Waals surface area contributed by atoms with Crippen LogP contribution in [0, 0.1) is 13.8 Å². The second-order valence-corrected chi connectivity index (χ2v) is 8.14. The molecule has 0 saturated carbocycles. The maximum atomic E-state index is 6.40. The lowest BCUT2D eigenvalue weighted by molar-refractivity contribution is 0.404. The van der Waals surface area contributed by atoms with Crippen LogP contribution in [0.4, 0.5) is 0 Å². The molecule has 1 atom stereocenters. The Morgan fingerprint density at radius 2 is 1.89 bits per heavy atom. The first-order valence-electron chi connectivity index (χ1n) is 5.80. The minimum atomic E-state index is -0.203. The molecule has 2 aromatic rings. The smallest absolute Gasteiger partial charge is 0.127 e. The zero-order chi connectivity index (χ0) is 14.2. The molecule has 19 heavy (non-hydrogen) atoms. The third kappa shape index (κ3) is 2.89. The molecule has 0 bridgehead atoms. The van der Waals surface area contributed by atoms with Crippen molar-refractivity contribution in [2.75, 3.05) is 7.11 Å². The molecule has 2 rings (SSSR count). The van der Waals surface area contributed by atoms with Crippen LogP contribution in [0.2, 0.25) is 0 Å². The summed E-state index contributed by atoms with van der Waals surface area (Å²) in [5.41, 5.74) is 10.8. The molecular formula is C14H15Br2NOS. The second-order valence-electron chi connectivity index (χ2n) is 4.39. The maximum Gasteiger partial charge on any atom is 0.127 e. The van der Waals surface area contributed by atoms with Gasteiger partial charge in [-0.15, -0.1) is 11.3 Å². The zero-order valence-corrected chi connectivity index (χ0v) is 14.9. The number of halogens is 2. The van der Waals surface area contributed by atoms with Gasteiger partial charge in [0.25, 0.3) is 0 Å². The molecule has 0 radical (unpaired) electrons. The van der Waals surface area contributed by atoms with E-state index in [1.54, 1.807) is 18.4 Å². The Morgan fingerprint density at radius 1 is 1.21 bits per heavy atom. The molecule has 0 aliphatic rings. The van der Waals surface area contributed by atoms with Gasteiger partial charge in [-0.25, -0.2) is 0 Å². The summed E-state index contributed by atoms with van der Waals surface area (Å²) in [5.74, 6) is 0.877. The second kappa shape index (κ2) is 5.95. The Labute approximate surface area is 134 Å². The monoisotopic (exact) mass is 403 g/mol. The van der Waals surface area contributed by atoms with Crippen LogP contribution in [0.5, 0.6) is 5.75 Å². The molecule has 102 valence electrons. The lowest BCUT2D eigenvalue weighted by atomic mass is 9.96. The summed E-state index contributed by atoms with van der Waals surface area (Å²) in [5, 5.41) is 0. The van der Waals surface area contributed by atoms with Gasteiger partial charge in [0.15, 0.2) is 0 Å². The van der Waals surface area contributed by atoms with E-state index in [0.717, 1.165) is 30.0 Å². The number of methoxy groups -OCH3 is 1. The number of hydrogen-bond donors (Lipinski definition) is 1. The molecule has 0 amide bonds. The van der Waals surface area contributed by atoms with Crippen molar-refractivity contribution < 1.29 is 4.74 Å². The standard InChI is InChI=1S/C14H15Br2NOS/c1-7-4-5-9(13(18-3)8(7)2)12(17)10-6-11(15)19-14(10)16/h4-6,12H,17H2,1-3H3. The van der Waals surface area contributed by atoms with Crippen LogP contribution < -0.4 is 10.5 Å². The molecule has 1 heterocycles. The average molecular weight is 405 g/mol. The first kappa shape index (κ1) is 15.0. The van der Waals surface area contributed by atoms with Crippen molar-refractivity contribution >= 4 is 43.2 Å². The third-order valence-electron chi connectivity index (χ3n) is 3.26. The minimum absolute atomic E-state index is 0.203. The van der Waals surface area contributed by atoms with Crippen LogP contribution in [-0.4, -0.2) is 7.11 Å². The van der Waals surface area contributed by atoms with Gasteiger partial charge >= 0.3 is 0 Å². The summed E-state index contributed by atoms with van der Waals surface area (Å²) < 4.78 is 7.65. The van der Waals surface area contributed by atoms with E-state index < -0.39 is 0 Å². The summed E-state index contributed by atoms with van der Waals surface area (Å²) in [4.78, 5) is 0. The summed E-state index contributed by atoms with van der Waals surface area (Å²) in [6.07, 6.45) is 0. The van der Waals surface area contributed by atoms with E-state index in [1.165, 1.54) is 5.56 Å². The molecule has 0 spiro atoms. The van der Waals surface area contributed by atoms with E-state index in [0.29, 0.717) is 0 Å². The zero-order valence-electron chi connectivity index (χ0n) is 11.0. The fourth-order valence-corrected chi connectivity index (χ4v) is 4.99. The Morgan fingerprint density at radius 3 is 2.42 bits per heavy atom. The maximum absolute atomic E-state index is 6.40. The predicted molar refractivity (Wildman–Crippen MR) is 88.2 cm³/mol. The number of thiophene rings is 1. The third-order valence-corrected chi connectivity index (χ3v) is 5.65. The molecule has 2 N–H and O–H groups in total. The van der Waals surface area contributed by atoms with E-state index >= 15 is 0 Å². The van der Waals surface area contributed by atoms with Crippen LogP contribution in [0.1, 0.15) is 28.3 Å². The van der Waals surface area contributed by atoms with Crippen molar-refractivity contribution in [3.05, 3.63) is 48.0 Å². The van der Waals surface area contributed by atoms with Gasteiger partial charge in [-0.3, -0.25) is 0 Å². The van der Waals surface area contributed by atoms with Crippen molar-refractivity contribution in [2.45, 2.75) is 19.9 Å². The number of nitrogens with two attached hydrogens (primary N) is 1. The van der Waals surface area contributed by atoms with Crippen molar-refractivity contribution in [1.82, 2.24) is 0 Å². The van der Waals surface area contributed by atoms with Gasteiger partial charge in [-0.1, -0.05) is 12.1 Å². The van der Waals surface area contributed by atoms with Gasteiger partial charge in [-0.05, 0) is 68.5 Å². The van der Waals surface area contributed by atoms with Crippen LogP contribution in [0.3, 0.4) is 0 Å². The first-order chi connectivity index (χ1) is 8.95. The van der Waals surface area contributed by atoms with Crippen molar-refractivity contribution in [2.24, 2.45) is 5.73 Å². The summed E-state index contributed by atoms with van der Waals surface area (Å²) >= 11 is 8.67. The van der Waals surface area contributed by atoms with Gasteiger partial charge in [-0.2, -0.15) is 0 Å². The molecule has 0 aliphatic heterocycles. The lowest BCUT2D eigenvalue weighted by Crippen LogP contribution is -2.13. The van der Waals surface area contributed by atoms with Gasteiger partial charge in [0, 0.05) is 5.56 Å². The number of ether oxygens (including phenoxy) is 1. The SMILES string of the molecule is COc1c(C(N)c2cc(Br)sc2Br)ccc(C)c1C. The summed E-state index contributed by atoms with van der Waals surface area (Å²) in [6, 6.07) is 5.98. The highest BCUT2D eigenvalue weighted by Gasteiger charge is 2.20. The molecule has 0 aliphatic carbocycles. The number of aryl methyl sites for hydroxylation is 1.